The van der Waals surface area contributed by atoms with Gasteiger partial charge in [-0.2, -0.15) is 0 Å². The summed E-state index contributed by atoms with van der Waals surface area (Å²) in [5.41, 5.74) is 2.28. The van der Waals surface area contributed by atoms with Gasteiger partial charge >= 0.3 is 0 Å². The van der Waals surface area contributed by atoms with Gasteiger partial charge in [0.1, 0.15) is 0 Å². The van der Waals surface area contributed by atoms with Gasteiger partial charge in [0.15, 0.2) is 0 Å². The molecule has 1 heterocycles. The van der Waals surface area contributed by atoms with Gasteiger partial charge in [-0.05, 0) is 38.0 Å². The molecule has 90 valence electrons. The molecule has 0 aromatic heterocycles. The molecule has 3 rings (SSSR count). The van der Waals surface area contributed by atoms with Crippen molar-refractivity contribution in [3.8, 4) is 0 Å². The Labute approximate surface area is 99.3 Å². The highest BCUT2D eigenvalue weighted by molar-refractivity contribution is 5.27. The van der Waals surface area contributed by atoms with E-state index in [4.69, 9.17) is 4.74 Å². The quantitative estimate of drug-likeness (QED) is 0.559. The number of ether oxygens (including phenoxy) is 1. The zero-order valence-corrected chi connectivity index (χ0v) is 10.3. The molecule has 16 heavy (non-hydrogen) atoms. The Balaban J connectivity index is 1.77. The van der Waals surface area contributed by atoms with Crippen molar-refractivity contribution in [3.05, 3.63) is 11.6 Å². The summed E-state index contributed by atoms with van der Waals surface area (Å²) in [4.78, 5) is 0. The second-order valence-electron chi connectivity index (χ2n) is 5.94. The Morgan fingerprint density at radius 1 is 1.12 bits per heavy atom. The Morgan fingerprint density at radius 2 is 2.00 bits per heavy atom. The van der Waals surface area contributed by atoms with Crippen LogP contribution in [-0.4, -0.2) is 13.2 Å². The van der Waals surface area contributed by atoms with Crippen molar-refractivity contribution in [1.29, 1.82) is 0 Å². The molecule has 0 bridgehead atoms. The number of hydrogen-bond acceptors (Lipinski definition) is 1. The molecule has 2 fully saturated rings. The van der Waals surface area contributed by atoms with E-state index >= 15 is 0 Å². The maximum Gasteiger partial charge on any atom is 0.0563 e. The molecule has 1 saturated carbocycles. The lowest BCUT2D eigenvalue weighted by molar-refractivity contribution is 0.133. The van der Waals surface area contributed by atoms with Crippen LogP contribution in [0.4, 0.5) is 0 Å². The van der Waals surface area contributed by atoms with Crippen molar-refractivity contribution < 1.29 is 4.74 Å². The van der Waals surface area contributed by atoms with Crippen LogP contribution in [0.3, 0.4) is 0 Å². The van der Waals surface area contributed by atoms with Crippen LogP contribution in [0.25, 0.3) is 0 Å². The van der Waals surface area contributed by atoms with Crippen molar-refractivity contribution in [3.63, 3.8) is 0 Å². The zero-order valence-electron chi connectivity index (χ0n) is 10.3. The molecule has 3 aliphatic rings. The van der Waals surface area contributed by atoms with Gasteiger partial charge in [0.25, 0.3) is 0 Å². The smallest absolute Gasteiger partial charge is 0.0563 e. The summed E-state index contributed by atoms with van der Waals surface area (Å²) in [5, 5.41) is 0. The Kier molecular flexibility index (Phi) is 3.06. The maximum absolute atomic E-state index is 5.80. The van der Waals surface area contributed by atoms with Crippen LogP contribution in [0.5, 0.6) is 0 Å². The first-order chi connectivity index (χ1) is 7.92. The average molecular weight is 220 g/mol. The van der Waals surface area contributed by atoms with Gasteiger partial charge in [0.05, 0.1) is 13.2 Å². The third kappa shape index (κ3) is 1.73. The number of hydrogen-bond donors (Lipinski definition) is 0. The second kappa shape index (κ2) is 4.52. The third-order valence-corrected chi connectivity index (χ3v) is 5.09. The lowest BCUT2D eigenvalue weighted by atomic mass is 9.58. The maximum atomic E-state index is 5.80. The SMILES string of the molecule is C1=C2/CCC23COCC3CCCCCCC/1. The highest BCUT2D eigenvalue weighted by Gasteiger charge is 2.51. The first kappa shape index (κ1) is 10.8. The van der Waals surface area contributed by atoms with Crippen molar-refractivity contribution in [2.24, 2.45) is 11.3 Å². The zero-order chi connectivity index (χ0) is 10.8. The molecule has 1 aliphatic heterocycles. The Hall–Kier alpha value is -0.300. The van der Waals surface area contributed by atoms with Crippen LogP contribution in [-0.2, 0) is 4.74 Å². The minimum atomic E-state index is 0.518. The summed E-state index contributed by atoms with van der Waals surface area (Å²) in [6.45, 7) is 2.07. The number of rotatable bonds is 0. The van der Waals surface area contributed by atoms with E-state index in [1.165, 1.54) is 57.8 Å². The van der Waals surface area contributed by atoms with Gasteiger partial charge in [-0.25, -0.2) is 0 Å². The molecule has 0 N–H and O–H groups in total. The van der Waals surface area contributed by atoms with Crippen molar-refractivity contribution in [2.75, 3.05) is 13.2 Å². The molecule has 0 aromatic carbocycles. The summed E-state index contributed by atoms with van der Waals surface area (Å²) >= 11 is 0. The molecular weight excluding hydrogens is 196 g/mol. The van der Waals surface area contributed by atoms with Gasteiger partial charge in [0, 0.05) is 5.41 Å². The van der Waals surface area contributed by atoms with E-state index in [9.17, 15) is 0 Å². The predicted molar refractivity (Wildman–Crippen MR) is 66.4 cm³/mol. The molecule has 0 aromatic rings. The fourth-order valence-corrected chi connectivity index (χ4v) is 3.89. The fourth-order valence-electron chi connectivity index (χ4n) is 3.89. The van der Waals surface area contributed by atoms with Crippen LogP contribution in [0.15, 0.2) is 11.6 Å². The first-order valence-electron chi connectivity index (χ1n) is 7.19. The minimum absolute atomic E-state index is 0.518. The molecular formula is C15H24O. The molecule has 1 saturated heterocycles. The molecule has 2 aliphatic carbocycles. The molecule has 1 nitrogen and oxygen atoms in total. The minimum Gasteiger partial charge on any atom is -0.380 e. The van der Waals surface area contributed by atoms with E-state index in [1.807, 2.05) is 0 Å². The molecule has 0 radical (unpaired) electrons. The standard InChI is InChI=1S/C15H24O/c1-2-4-6-8-14-11-16-12-15(14)10-9-13(15)7-5-3-1/h7,14H,1-6,8-12H2/b13-7-. The Bertz CT molecular complexity index is 281. The second-order valence-corrected chi connectivity index (χ2v) is 5.94. The fraction of sp³-hybridized carbons (Fsp3) is 0.867. The van der Waals surface area contributed by atoms with Crippen molar-refractivity contribution >= 4 is 0 Å². The van der Waals surface area contributed by atoms with Crippen LogP contribution in [0, 0.1) is 11.3 Å². The summed E-state index contributed by atoms with van der Waals surface area (Å²) in [7, 11) is 0. The molecule has 2 unspecified atom stereocenters. The molecule has 1 heteroatoms. The summed E-state index contributed by atoms with van der Waals surface area (Å²) < 4.78 is 5.80. The van der Waals surface area contributed by atoms with Gasteiger partial charge in [-0.15, -0.1) is 0 Å². The molecule has 1 spiro atoms. The van der Waals surface area contributed by atoms with E-state index in [1.54, 1.807) is 5.57 Å². The number of allylic oxidation sites excluding steroid dienone is 1. The van der Waals surface area contributed by atoms with Crippen LogP contribution in [0.1, 0.15) is 57.8 Å². The van der Waals surface area contributed by atoms with E-state index in [-0.39, 0.29) is 0 Å². The van der Waals surface area contributed by atoms with Crippen LogP contribution in [0.2, 0.25) is 0 Å². The Morgan fingerprint density at radius 3 is 2.88 bits per heavy atom. The lowest BCUT2D eigenvalue weighted by Crippen LogP contribution is -2.39. The van der Waals surface area contributed by atoms with Crippen LogP contribution < -0.4 is 0 Å². The molecule has 0 amide bonds. The average Bonchev–Trinajstić information content (AvgIpc) is 2.70. The van der Waals surface area contributed by atoms with E-state index in [0.29, 0.717) is 5.41 Å². The van der Waals surface area contributed by atoms with Crippen LogP contribution >= 0.6 is 0 Å². The summed E-state index contributed by atoms with van der Waals surface area (Å²) in [5.74, 6) is 0.852. The lowest BCUT2D eigenvalue weighted by Gasteiger charge is -2.45. The van der Waals surface area contributed by atoms with E-state index in [2.05, 4.69) is 6.08 Å². The van der Waals surface area contributed by atoms with E-state index in [0.717, 1.165) is 19.1 Å². The van der Waals surface area contributed by atoms with Gasteiger partial charge in [0.2, 0.25) is 0 Å². The van der Waals surface area contributed by atoms with Crippen molar-refractivity contribution in [1.82, 2.24) is 0 Å². The summed E-state index contributed by atoms with van der Waals surface area (Å²) in [6.07, 6.45) is 15.2. The largest absolute Gasteiger partial charge is 0.380 e. The topological polar surface area (TPSA) is 9.23 Å². The van der Waals surface area contributed by atoms with Gasteiger partial charge in [-0.3, -0.25) is 0 Å². The normalized spacial score (nSPS) is 43.2. The summed E-state index contributed by atoms with van der Waals surface area (Å²) in [6, 6.07) is 0. The predicted octanol–water partition coefficient (Wildman–Crippen LogP) is 4.08. The highest BCUT2D eigenvalue weighted by Crippen LogP contribution is 2.56. The van der Waals surface area contributed by atoms with E-state index < -0.39 is 0 Å². The first-order valence-corrected chi connectivity index (χ1v) is 7.19. The monoisotopic (exact) mass is 220 g/mol. The van der Waals surface area contributed by atoms with Crippen molar-refractivity contribution in [2.45, 2.75) is 57.8 Å². The third-order valence-electron chi connectivity index (χ3n) is 5.09. The van der Waals surface area contributed by atoms with Gasteiger partial charge in [-0.1, -0.05) is 37.3 Å². The highest BCUT2D eigenvalue weighted by atomic mass is 16.5. The van der Waals surface area contributed by atoms with Gasteiger partial charge < -0.3 is 4.74 Å². The molecule has 2 atom stereocenters.